The molecule has 1 saturated heterocycles. The highest BCUT2D eigenvalue weighted by molar-refractivity contribution is 6.31. The number of nitrogens with one attached hydrogen (secondary N) is 1. The number of piperidine rings is 1. The summed E-state index contributed by atoms with van der Waals surface area (Å²) in [7, 11) is 0. The van der Waals surface area contributed by atoms with E-state index in [1.807, 2.05) is 50.8 Å². The van der Waals surface area contributed by atoms with Gasteiger partial charge in [-0.05, 0) is 108 Å². The standard InChI is InChI=1S/C28H36ClN3O3/c1-18-16-22(8-9-23(18)26-30-24-17-21(29)15-19(2)25(24)31-26)34-14-6-7-20-10-12-32(13-11-20)27(33)35-28(3,4)5/h8-9,15-17,20H,6-7,10-14H2,1-5H3,(H,30,31). The van der Waals surface area contributed by atoms with Crippen LogP contribution in [0.2, 0.25) is 5.02 Å². The van der Waals surface area contributed by atoms with Crippen LogP contribution < -0.4 is 4.74 Å². The van der Waals surface area contributed by atoms with E-state index in [2.05, 4.69) is 24.0 Å². The molecule has 7 heteroatoms. The van der Waals surface area contributed by atoms with Gasteiger partial charge in [-0.3, -0.25) is 0 Å². The van der Waals surface area contributed by atoms with Crippen molar-refractivity contribution >= 4 is 28.7 Å². The van der Waals surface area contributed by atoms with Gasteiger partial charge in [0.25, 0.3) is 0 Å². The molecule has 188 valence electrons. The topological polar surface area (TPSA) is 67.4 Å². The van der Waals surface area contributed by atoms with Crippen LogP contribution in [-0.4, -0.2) is 46.3 Å². The zero-order valence-corrected chi connectivity index (χ0v) is 22.2. The van der Waals surface area contributed by atoms with Crippen LogP contribution in [0.5, 0.6) is 5.75 Å². The van der Waals surface area contributed by atoms with Crippen LogP contribution in [0.15, 0.2) is 30.3 Å². The number of ether oxygens (including phenoxy) is 2. The maximum absolute atomic E-state index is 12.2. The normalized spacial score (nSPS) is 15.0. The molecule has 0 bridgehead atoms. The average molecular weight is 498 g/mol. The second-order valence-corrected chi connectivity index (χ2v) is 11.0. The maximum atomic E-state index is 12.2. The van der Waals surface area contributed by atoms with Crippen LogP contribution in [0.25, 0.3) is 22.4 Å². The summed E-state index contributed by atoms with van der Waals surface area (Å²) < 4.78 is 11.5. The van der Waals surface area contributed by atoms with Gasteiger partial charge in [0.15, 0.2) is 0 Å². The van der Waals surface area contributed by atoms with Gasteiger partial charge in [-0.1, -0.05) is 11.6 Å². The molecule has 1 fully saturated rings. The highest BCUT2D eigenvalue weighted by Crippen LogP contribution is 2.30. The summed E-state index contributed by atoms with van der Waals surface area (Å²) in [5.74, 6) is 2.35. The third-order valence-corrected chi connectivity index (χ3v) is 6.70. The number of benzene rings is 2. The lowest BCUT2D eigenvalue weighted by Crippen LogP contribution is -2.41. The number of hydrogen-bond acceptors (Lipinski definition) is 4. The smallest absolute Gasteiger partial charge is 0.410 e. The van der Waals surface area contributed by atoms with Crippen molar-refractivity contribution in [1.29, 1.82) is 0 Å². The molecule has 1 N–H and O–H groups in total. The lowest BCUT2D eigenvalue weighted by molar-refractivity contribution is 0.0179. The first kappa shape index (κ1) is 25.4. The molecule has 3 aromatic rings. The van der Waals surface area contributed by atoms with Gasteiger partial charge in [-0.15, -0.1) is 0 Å². The Hall–Kier alpha value is -2.73. The summed E-state index contributed by atoms with van der Waals surface area (Å²) in [6.45, 7) is 12.0. The number of carbonyl (C=O) groups excluding carboxylic acids is 1. The van der Waals surface area contributed by atoms with Crippen molar-refractivity contribution in [2.75, 3.05) is 19.7 Å². The molecule has 1 amide bonds. The van der Waals surface area contributed by atoms with Gasteiger partial charge in [-0.25, -0.2) is 9.78 Å². The quantitative estimate of drug-likeness (QED) is 0.362. The van der Waals surface area contributed by atoms with E-state index in [4.69, 9.17) is 26.1 Å². The molecular weight excluding hydrogens is 462 g/mol. The predicted octanol–water partition coefficient (Wildman–Crippen LogP) is 7.31. The summed E-state index contributed by atoms with van der Waals surface area (Å²) in [4.78, 5) is 22.2. The number of hydrogen-bond donors (Lipinski definition) is 1. The molecule has 4 rings (SSSR count). The van der Waals surface area contributed by atoms with Crippen molar-refractivity contribution in [2.45, 2.75) is 65.9 Å². The molecule has 1 aromatic heterocycles. The van der Waals surface area contributed by atoms with Gasteiger partial charge in [-0.2, -0.15) is 0 Å². The maximum Gasteiger partial charge on any atom is 0.410 e. The van der Waals surface area contributed by atoms with Crippen molar-refractivity contribution in [2.24, 2.45) is 5.92 Å². The molecule has 0 atom stereocenters. The lowest BCUT2D eigenvalue weighted by Gasteiger charge is -2.33. The minimum atomic E-state index is -0.443. The molecule has 0 spiro atoms. The Morgan fingerprint density at radius 3 is 2.57 bits per heavy atom. The number of H-pyrrole nitrogens is 1. The molecule has 35 heavy (non-hydrogen) atoms. The Labute approximate surface area is 213 Å². The van der Waals surface area contributed by atoms with Crippen LogP contribution in [0, 0.1) is 19.8 Å². The number of aromatic nitrogens is 2. The summed E-state index contributed by atoms with van der Waals surface area (Å²) in [5.41, 5.74) is 4.67. The molecule has 2 aromatic carbocycles. The SMILES string of the molecule is Cc1cc(OCCCC2CCN(C(=O)OC(C)(C)C)CC2)ccc1-c1nc2c(C)cc(Cl)cc2[nH]1. The van der Waals surface area contributed by atoms with Gasteiger partial charge in [0, 0.05) is 23.7 Å². The van der Waals surface area contributed by atoms with Crippen molar-refractivity contribution in [3.8, 4) is 17.1 Å². The molecule has 6 nitrogen and oxygen atoms in total. The number of fused-ring (bicyclic) bond motifs is 1. The molecule has 0 radical (unpaired) electrons. The fourth-order valence-corrected chi connectivity index (χ4v) is 4.93. The minimum Gasteiger partial charge on any atom is -0.494 e. The minimum absolute atomic E-state index is 0.195. The third kappa shape index (κ3) is 6.49. The number of carbonyl (C=O) groups is 1. The van der Waals surface area contributed by atoms with Crippen molar-refractivity contribution in [3.05, 3.63) is 46.5 Å². The lowest BCUT2D eigenvalue weighted by atomic mass is 9.92. The Morgan fingerprint density at radius 1 is 1.14 bits per heavy atom. The van der Waals surface area contributed by atoms with E-state index in [0.717, 1.165) is 78.1 Å². The number of halogens is 1. The largest absolute Gasteiger partial charge is 0.494 e. The first-order valence-corrected chi connectivity index (χ1v) is 12.8. The predicted molar refractivity (Wildman–Crippen MR) is 141 cm³/mol. The van der Waals surface area contributed by atoms with Crippen molar-refractivity contribution in [1.82, 2.24) is 14.9 Å². The molecule has 2 heterocycles. The Kier molecular flexibility index (Phi) is 7.60. The van der Waals surface area contributed by atoms with E-state index >= 15 is 0 Å². The highest BCUT2D eigenvalue weighted by Gasteiger charge is 2.26. The van der Waals surface area contributed by atoms with Crippen LogP contribution in [0.1, 0.15) is 57.6 Å². The van der Waals surface area contributed by atoms with E-state index in [1.54, 1.807) is 0 Å². The number of imidazole rings is 1. The first-order valence-electron chi connectivity index (χ1n) is 12.5. The fourth-order valence-electron chi connectivity index (χ4n) is 4.66. The number of aromatic amines is 1. The average Bonchev–Trinajstić information content (AvgIpc) is 3.20. The highest BCUT2D eigenvalue weighted by atomic mass is 35.5. The summed E-state index contributed by atoms with van der Waals surface area (Å²) in [6, 6.07) is 9.99. The number of likely N-dealkylation sites (tertiary alicyclic amines) is 1. The van der Waals surface area contributed by atoms with E-state index in [9.17, 15) is 4.79 Å². The Balaban J connectivity index is 1.25. The molecule has 0 saturated carbocycles. The molecule has 1 aliphatic rings. The van der Waals surface area contributed by atoms with E-state index in [-0.39, 0.29) is 6.09 Å². The van der Waals surface area contributed by atoms with Crippen LogP contribution in [-0.2, 0) is 4.74 Å². The number of amides is 1. The number of nitrogens with zero attached hydrogens (tertiary/aromatic N) is 2. The molecule has 1 aliphatic heterocycles. The second kappa shape index (κ2) is 10.5. The summed E-state index contributed by atoms with van der Waals surface area (Å²) in [5, 5.41) is 0.708. The first-order chi connectivity index (χ1) is 16.6. The van der Waals surface area contributed by atoms with Crippen LogP contribution in [0.3, 0.4) is 0 Å². The van der Waals surface area contributed by atoms with E-state index in [0.29, 0.717) is 17.5 Å². The van der Waals surface area contributed by atoms with Crippen molar-refractivity contribution < 1.29 is 14.3 Å². The Bertz CT molecular complexity index is 1190. The number of rotatable bonds is 6. The van der Waals surface area contributed by atoms with Gasteiger partial charge in [0.2, 0.25) is 0 Å². The summed E-state index contributed by atoms with van der Waals surface area (Å²) in [6.07, 6.45) is 3.96. The molecule has 0 aliphatic carbocycles. The van der Waals surface area contributed by atoms with Crippen LogP contribution >= 0.6 is 11.6 Å². The third-order valence-electron chi connectivity index (χ3n) is 6.49. The van der Waals surface area contributed by atoms with E-state index in [1.165, 1.54) is 0 Å². The number of aryl methyl sites for hydroxylation is 2. The molecular formula is C28H36ClN3O3. The Morgan fingerprint density at radius 2 is 1.89 bits per heavy atom. The zero-order chi connectivity index (χ0) is 25.2. The van der Waals surface area contributed by atoms with Gasteiger partial charge in [0.05, 0.1) is 17.6 Å². The zero-order valence-electron chi connectivity index (χ0n) is 21.4. The van der Waals surface area contributed by atoms with E-state index < -0.39 is 5.60 Å². The second-order valence-electron chi connectivity index (χ2n) is 10.6. The van der Waals surface area contributed by atoms with Crippen LogP contribution in [0.4, 0.5) is 4.79 Å². The van der Waals surface area contributed by atoms with Gasteiger partial charge >= 0.3 is 6.09 Å². The van der Waals surface area contributed by atoms with Crippen molar-refractivity contribution in [3.63, 3.8) is 0 Å². The van der Waals surface area contributed by atoms with Gasteiger partial charge < -0.3 is 19.4 Å². The monoisotopic (exact) mass is 497 g/mol. The van der Waals surface area contributed by atoms with Gasteiger partial charge in [0.1, 0.15) is 17.2 Å². The molecule has 0 unspecified atom stereocenters. The summed E-state index contributed by atoms with van der Waals surface area (Å²) >= 11 is 6.20. The fraction of sp³-hybridized carbons (Fsp3) is 0.500.